The largest absolute Gasteiger partial charge is 0.349 e. The van der Waals surface area contributed by atoms with E-state index in [-0.39, 0.29) is 11.9 Å². The van der Waals surface area contributed by atoms with E-state index in [4.69, 9.17) is 0 Å². The first-order valence-electron chi connectivity index (χ1n) is 7.10. The molecule has 0 saturated carbocycles. The highest BCUT2D eigenvalue weighted by Gasteiger charge is 2.09. The number of anilines is 1. The van der Waals surface area contributed by atoms with Crippen molar-refractivity contribution >= 4 is 17.6 Å². The maximum absolute atomic E-state index is 12.0. The van der Waals surface area contributed by atoms with Crippen LogP contribution in [0.5, 0.6) is 0 Å². The summed E-state index contributed by atoms with van der Waals surface area (Å²) in [7, 11) is 5.67. The fourth-order valence-corrected chi connectivity index (χ4v) is 1.64. The van der Waals surface area contributed by atoms with Gasteiger partial charge in [-0.2, -0.15) is 0 Å². The van der Waals surface area contributed by atoms with Gasteiger partial charge in [-0.15, -0.1) is 6.58 Å². The predicted molar refractivity (Wildman–Crippen MR) is 89.2 cm³/mol. The monoisotopic (exact) mass is 304 g/mol. The Morgan fingerprint density at radius 3 is 2.32 bits per heavy atom. The maximum Gasteiger partial charge on any atom is 0.321 e. The summed E-state index contributed by atoms with van der Waals surface area (Å²) in [6.45, 7) is 5.41. The molecule has 0 heterocycles. The minimum absolute atomic E-state index is 0.166. The molecule has 0 bridgehead atoms. The number of hydrogen-bond acceptors (Lipinski definition) is 3. The van der Waals surface area contributed by atoms with Crippen molar-refractivity contribution in [3.63, 3.8) is 0 Å². The molecule has 0 atom stereocenters. The molecule has 0 unspecified atom stereocenters. The predicted octanol–water partition coefficient (Wildman–Crippen LogP) is 1.63. The Balaban J connectivity index is 2.54. The molecule has 0 aromatic heterocycles. The fraction of sp³-hybridized carbons (Fsp3) is 0.375. The topological polar surface area (TPSA) is 64.7 Å². The molecule has 22 heavy (non-hydrogen) atoms. The van der Waals surface area contributed by atoms with Gasteiger partial charge >= 0.3 is 6.03 Å². The van der Waals surface area contributed by atoms with E-state index in [0.717, 1.165) is 6.54 Å². The second-order valence-corrected chi connectivity index (χ2v) is 5.23. The summed E-state index contributed by atoms with van der Waals surface area (Å²) >= 11 is 0. The standard InChI is InChI=1S/C16H24N4O2/c1-5-10-17-15(21)13-6-8-14(9-7-13)18-16(22)20(4)12-11-19(2)3/h5-9H,1,10-12H2,2-4H3,(H,17,21)(H,18,22). The highest BCUT2D eigenvalue weighted by molar-refractivity contribution is 5.95. The molecular formula is C16H24N4O2. The molecule has 0 spiro atoms. The molecule has 1 aromatic carbocycles. The highest BCUT2D eigenvalue weighted by Crippen LogP contribution is 2.10. The maximum atomic E-state index is 12.0. The van der Waals surface area contributed by atoms with Gasteiger partial charge in [-0.3, -0.25) is 4.79 Å². The van der Waals surface area contributed by atoms with E-state index >= 15 is 0 Å². The number of rotatable bonds is 7. The number of carbonyl (C=O) groups is 2. The lowest BCUT2D eigenvalue weighted by Crippen LogP contribution is -2.36. The molecule has 2 N–H and O–H groups in total. The third-order valence-corrected chi connectivity index (χ3v) is 3.03. The van der Waals surface area contributed by atoms with Crippen LogP contribution < -0.4 is 10.6 Å². The lowest BCUT2D eigenvalue weighted by Gasteiger charge is -2.20. The lowest BCUT2D eigenvalue weighted by molar-refractivity contribution is 0.0958. The van der Waals surface area contributed by atoms with Crippen molar-refractivity contribution in [1.82, 2.24) is 15.1 Å². The lowest BCUT2D eigenvalue weighted by atomic mass is 10.2. The van der Waals surface area contributed by atoms with E-state index in [1.54, 1.807) is 42.3 Å². The van der Waals surface area contributed by atoms with Gasteiger partial charge in [0.2, 0.25) is 0 Å². The van der Waals surface area contributed by atoms with Crippen molar-refractivity contribution in [2.45, 2.75) is 0 Å². The van der Waals surface area contributed by atoms with Gasteiger partial charge in [0.05, 0.1) is 0 Å². The van der Waals surface area contributed by atoms with Gasteiger partial charge in [0.15, 0.2) is 0 Å². The summed E-state index contributed by atoms with van der Waals surface area (Å²) in [5, 5.41) is 5.49. The summed E-state index contributed by atoms with van der Waals surface area (Å²) < 4.78 is 0. The van der Waals surface area contributed by atoms with Crippen LogP contribution >= 0.6 is 0 Å². The molecule has 3 amide bonds. The van der Waals surface area contributed by atoms with E-state index in [1.807, 2.05) is 19.0 Å². The molecule has 0 aliphatic heterocycles. The Morgan fingerprint density at radius 1 is 1.14 bits per heavy atom. The zero-order valence-corrected chi connectivity index (χ0v) is 13.4. The van der Waals surface area contributed by atoms with E-state index in [2.05, 4.69) is 17.2 Å². The number of nitrogens with one attached hydrogen (secondary N) is 2. The summed E-state index contributed by atoms with van der Waals surface area (Å²) in [6.07, 6.45) is 1.62. The molecule has 1 aromatic rings. The quantitative estimate of drug-likeness (QED) is 0.753. The molecule has 6 heteroatoms. The minimum Gasteiger partial charge on any atom is -0.349 e. The molecule has 120 valence electrons. The van der Waals surface area contributed by atoms with Crippen molar-refractivity contribution in [2.24, 2.45) is 0 Å². The number of likely N-dealkylation sites (N-methyl/N-ethyl adjacent to an activating group) is 2. The Bertz CT molecular complexity index is 511. The second kappa shape index (κ2) is 8.84. The molecule has 0 fully saturated rings. The summed E-state index contributed by atoms with van der Waals surface area (Å²) in [6, 6.07) is 6.59. The van der Waals surface area contributed by atoms with E-state index < -0.39 is 0 Å². The van der Waals surface area contributed by atoms with Gasteiger partial charge in [-0.25, -0.2) is 4.79 Å². The molecule has 6 nitrogen and oxygen atoms in total. The highest BCUT2D eigenvalue weighted by atomic mass is 16.2. The summed E-state index contributed by atoms with van der Waals surface area (Å²) in [5.74, 6) is -0.166. The molecule has 0 radical (unpaired) electrons. The van der Waals surface area contributed by atoms with Crippen LogP contribution in [-0.2, 0) is 0 Å². The first-order chi connectivity index (χ1) is 10.4. The van der Waals surface area contributed by atoms with Gasteiger partial charge in [0, 0.05) is 37.9 Å². The Kier molecular flexibility index (Phi) is 7.12. The van der Waals surface area contributed by atoms with Crippen LogP contribution in [-0.4, -0.2) is 62.5 Å². The van der Waals surface area contributed by atoms with Crippen LogP contribution in [0, 0.1) is 0 Å². The molecule has 0 aliphatic carbocycles. The van der Waals surface area contributed by atoms with Crippen LogP contribution in [0.15, 0.2) is 36.9 Å². The van der Waals surface area contributed by atoms with Crippen molar-refractivity contribution in [3.8, 4) is 0 Å². The molecule has 0 saturated heterocycles. The van der Waals surface area contributed by atoms with E-state index in [1.165, 1.54) is 0 Å². The molecule has 0 aliphatic rings. The van der Waals surface area contributed by atoms with Crippen LogP contribution in [0.4, 0.5) is 10.5 Å². The van der Waals surface area contributed by atoms with E-state index in [9.17, 15) is 9.59 Å². The Labute approximate surface area is 131 Å². The van der Waals surface area contributed by atoms with Gasteiger partial charge in [0.1, 0.15) is 0 Å². The number of nitrogens with zero attached hydrogens (tertiary/aromatic N) is 2. The zero-order valence-electron chi connectivity index (χ0n) is 13.4. The van der Waals surface area contributed by atoms with Crippen LogP contribution in [0.25, 0.3) is 0 Å². The van der Waals surface area contributed by atoms with Crippen molar-refractivity contribution < 1.29 is 9.59 Å². The SMILES string of the molecule is C=CCNC(=O)c1ccc(NC(=O)N(C)CCN(C)C)cc1. The summed E-state index contributed by atoms with van der Waals surface area (Å²) in [4.78, 5) is 27.4. The zero-order chi connectivity index (χ0) is 16.5. The Morgan fingerprint density at radius 2 is 1.77 bits per heavy atom. The average molecular weight is 304 g/mol. The number of hydrogen-bond donors (Lipinski definition) is 2. The van der Waals surface area contributed by atoms with Crippen LogP contribution in [0.1, 0.15) is 10.4 Å². The van der Waals surface area contributed by atoms with Crippen molar-refractivity contribution in [1.29, 1.82) is 0 Å². The van der Waals surface area contributed by atoms with E-state index in [0.29, 0.717) is 24.3 Å². The second-order valence-electron chi connectivity index (χ2n) is 5.23. The van der Waals surface area contributed by atoms with Gasteiger partial charge in [0.25, 0.3) is 5.91 Å². The summed E-state index contributed by atoms with van der Waals surface area (Å²) in [5.41, 5.74) is 1.20. The number of amides is 3. The normalized spacial score (nSPS) is 10.2. The minimum atomic E-state index is -0.175. The van der Waals surface area contributed by atoms with Crippen LogP contribution in [0.2, 0.25) is 0 Å². The van der Waals surface area contributed by atoms with Crippen molar-refractivity contribution in [3.05, 3.63) is 42.5 Å². The first kappa shape index (κ1) is 17.7. The average Bonchev–Trinajstić information content (AvgIpc) is 2.50. The van der Waals surface area contributed by atoms with Crippen LogP contribution in [0.3, 0.4) is 0 Å². The Hall–Kier alpha value is -2.34. The van der Waals surface area contributed by atoms with Crippen molar-refractivity contribution in [2.75, 3.05) is 46.1 Å². The smallest absolute Gasteiger partial charge is 0.321 e. The molecular weight excluding hydrogens is 280 g/mol. The number of carbonyl (C=O) groups excluding carboxylic acids is 2. The van der Waals surface area contributed by atoms with Gasteiger partial charge in [-0.05, 0) is 38.4 Å². The van der Waals surface area contributed by atoms with Gasteiger partial charge in [-0.1, -0.05) is 6.08 Å². The third kappa shape index (κ3) is 5.97. The third-order valence-electron chi connectivity index (χ3n) is 3.03. The number of urea groups is 1. The first-order valence-corrected chi connectivity index (χ1v) is 7.10. The number of benzene rings is 1. The fourth-order valence-electron chi connectivity index (χ4n) is 1.64. The molecule has 1 rings (SSSR count). The van der Waals surface area contributed by atoms with Gasteiger partial charge < -0.3 is 20.4 Å².